The van der Waals surface area contributed by atoms with Crippen molar-refractivity contribution >= 4 is 5.57 Å². The molecule has 0 heterocycles. The second-order valence-electron chi connectivity index (χ2n) is 5.14. The lowest BCUT2D eigenvalue weighted by atomic mass is 9.90. The Bertz CT molecular complexity index is 566. The summed E-state index contributed by atoms with van der Waals surface area (Å²) in [6.45, 7) is 4.43. The van der Waals surface area contributed by atoms with Gasteiger partial charge in [-0.3, -0.25) is 0 Å². The van der Waals surface area contributed by atoms with Crippen molar-refractivity contribution in [2.45, 2.75) is 26.7 Å². The van der Waals surface area contributed by atoms with Crippen LogP contribution in [0.3, 0.4) is 0 Å². The largest absolute Gasteiger partial charge is 0.497 e. The average Bonchev–Trinajstić information content (AvgIpc) is 2.60. The number of hydrogen-bond acceptors (Lipinski definition) is 2. The normalized spacial score (nSPS) is 10.2. The Morgan fingerprint density at radius 2 is 1.05 bits per heavy atom. The zero-order chi connectivity index (χ0) is 15.9. The van der Waals surface area contributed by atoms with Crippen LogP contribution in [-0.2, 0) is 0 Å². The fraction of sp³-hybridized carbons (Fsp3) is 0.300. The van der Waals surface area contributed by atoms with Crippen LogP contribution >= 0.6 is 0 Å². The van der Waals surface area contributed by atoms with Crippen LogP contribution in [0.15, 0.2) is 54.1 Å². The summed E-state index contributed by atoms with van der Waals surface area (Å²) >= 11 is 0. The summed E-state index contributed by atoms with van der Waals surface area (Å²) in [5.74, 6) is 1.76. The summed E-state index contributed by atoms with van der Waals surface area (Å²) in [4.78, 5) is 0. The van der Waals surface area contributed by atoms with Gasteiger partial charge in [0.05, 0.1) is 14.2 Å². The van der Waals surface area contributed by atoms with Crippen LogP contribution in [0, 0.1) is 0 Å². The molecule has 0 unspecified atom stereocenters. The molecule has 0 fully saturated rings. The van der Waals surface area contributed by atoms with E-state index in [2.05, 4.69) is 38.1 Å². The first kappa shape index (κ1) is 16.2. The van der Waals surface area contributed by atoms with Crippen LogP contribution in [0.1, 0.15) is 37.8 Å². The molecule has 0 spiro atoms. The van der Waals surface area contributed by atoms with Crippen LogP contribution in [0.25, 0.3) is 5.57 Å². The molecule has 0 saturated carbocycles. The maximum Gasteiger partial charge on any atom is 0.118 e. The van der Waals surface area contributed by atoms with Crippen molar-refractivity contribution in [2.75, 3.05) is 14.2 Å². The zero-order valence-electron chi connectivity index (χ0n) is 13.8. The second-order valence-corrected chi connectivity index (χ2v) is 5.14. The molecule has 116 valence electrons. The number of ether oxygens (including phenoxy) is 2. The molecule has 0 bridgehead atoms. The van der Waals surface area contributed by atoms with E-state index in [0.29, 0.717) is 0 Å². The van der Waals surface area contributed by atoms with Gasteiger partial charge >= 0.3 is 0 Å². The van der Waals surface area contributed by atoms with Gasteiger partial charge in [-0.2, -0.15) is 0 Å². The Kier molecular flexibility index (Phi) is 5.65. The van der Waals surface area contributed by atoms with Crippen LogP contribution < -0.4 is 9.47 Å². The summed E-state index contributed by atoms with van der Waals surface area (Å²) in [5, 5.41) is 0. The lowest BCUT2D eigenvalue weighted by molar-refractivity contribution is 0.414. The molecule has 2 aromatic rings. The molecule has 0 aliphatic heterocycles. The van der Waals surface area contributed by atoms with Crippen molar-refractivity contribution in [1.29, 1.82) is 0 Å². The summed E-state index contributed by atoms with van der Waals surface area (Å²) in [6, 6.07) is 16.6. The average molecular weight is 296 g/mol. The zero-order valence-corrected chi connectivity index (χ0v) is 13.8. The predicted molar refractivity (Wildman–Crippen MR) is 92.6 cm³/mol. The molecule has 0 atom stereocenters. The standard InChI is InChI=1S/C20H24O2/c1-5-15(6-2)20(16-7-11-18(21-3)12-8-16)17-9-13-19(22-4)14-10-17/h7-14H,5-6H2,1-4H3. The van der Waals surface area contributed by atoms with E-state index in [9.17, 15) is 0 Å². The van der Waals surface area contributed by atoms with Crippen LogP contribution in [0.5, 0.6) is 11.5 Å². The molecule has 2 heteroatoms. The molecule has 0 amide bonds. The minimum atomic E-state index is 0.882. The van der Waals surface area contributed by atoms with Crippen molar-refractivity contribution in [3.05, 3.63) is 65.2 Å². The third-order valence-corrected chi connectivity index (χ3v) is 3.96. The third-order valence-electron chi connectivity index (χ3n) is 3.96. The Hall–Kier alpha value is -2.22. The smallest absolute Gasteiger partial charge is 0.118 e. The van der Waals surface area contributed by atoms with Crippen LogP contribution in [-0.4, -0.2) is 14.2 Å². The molecule has 0 aromatic heterocycles. The Morgan fingerprint density at radius 3 is 1.32 bits per heavy atom. The molecule has 0 N–H and O–H groups in total. The Balaban J connectivity index is 2.52. The van der Waals surface area contributed by atoms with Crippen LogP contribution in [0.2, 0.25) is 0 Å². The lowest BCUT2D eigenvalue weighted by Crippen LogP contribution is -1.95. The van der Waals surface area contributed by atoms with Gasteiger partial charge in [-0.1, -0.05) is 43.7 Å². The highest BCUT2D eigenvalue weighted by Crippen LogP contribution is 2.32. The van der Waals surface area contributed by atoms with E-state index in [4.69, 9.17) is 9.47 Å². The SMILES string of the molecule is CCC(CC)=C(c1ccc(OC)cc1)c1ccc(OC)cc1. The minimum absolute atomic E-state index is 0.882. The van der Waals surface area contributed by atoms with Crippen molar-refractivity contribution in [3.63, 3.8) is 0 Å². The van der Waals surface area contributed by atoms with Crippen molar-refractivity contribution in [3.8, 4) is 11.5 Å². The topological polar surface area (TPSA) is 18.5 Å². The maximum atomic E-state index is 5.27. The van der Waals surface area contributed by atoms with Gasteiger partial charge in [0.15, 0.2) is 0 Å². The van der Waals surface area contributed by atoms with Crippen molar-refractivity contribution < 1.29 is 9.47 Å². The first-order valence-corrected chi connectivity index (χ1v) is 7.74. The fourth-order valence-corrected chi connectivity index (χ4v) is 2.69. The minimum Gasteiger partial charge on any atom is -0.497 e. The van der Waals surface area contributed by atoms with Gasteiger partial charge in [0, 0.05) is 0 Å². The molecule has 2 aromatic carbocycles. The number of hydrogen-bond donors (Lipinski definition) is 0. The van der Waals surface area contributed by atoms with Gasteiger partial charge in [0.1, 0.15) is 11.5 Å². The first-order valence-electron chi connectivity index (χ1n) is 7.74. The van der Waals surface area contributed by atoms with Gasteiger partial charge < -0.3 is 9.47 Å². The molecular weight excluding hydrogens is 272 g/mol. The molecule has 0 aliphatic carbocycles. The molecule has 0 saturated heterocycles. The van der Waals surface area contributed by atoms with E-state index in [1.807, 2.05) is 24.3 Å². The number of allylic oxidation sites excluding steroid dienone is 1. The van der Waals surface area contributed by atoms with Gasteiger partial charge in [-0.05, 0) is 53.8 Å². The molecule has 0 radical (unpaired) electrons. The molecule has 22 heavy (non-hydrogen) atoms. The van der Waals surface area contributed by atoms with E-state index >= 15 is 0 Å². The van der Waals surface area contributed by atoms with Gasteiger partial charge in [0.25, 0.3) is 0 Å². The first-order chi connectivity index (χ1) is 10.7. The van der Waals surface area contributed by atoms with Gasteiger partial charge in [-0.15, -0.1) is 0 Å². The van der Waals surface area contributed by atoms with E-state index in [0.717, 1.165) is 24.3 Å². The quantitative estimate of drug-likeness (QED) is 0.717. The maximum absolute atomic E-state index is 5.27. The van der Waals surface area contributed by atoms with Gasteiger partial charge in [0.2, 0.25) is 0 Å². The predicted octanol–water partition coefficient (Wildman–Crippen LogP) is 5.33. The van der Waals surface area contributed by atoms with E-state index in [-0.39, 0.29) is 0 Å². The summed E-state index contributed by atoms with van der Waals surface area (Å²) in [5.41, 5.74) is 5.22. The van der Waals surface area contributed by atoms with E-state index in [1.54, 1.807) is 14.2 Å². The van der Waals surface area contributed by atoms with Crippen LogP contribution in [0.4, 0.5) is 0 Å². The summed E-state index contributed by atoms with van der Waals surface area (Å²) in [7, 11) is 3.39. The highest BCUT2D eigenvalue weighted by Gasteiger charge is 2.10. The van der Waals surface area contributed by atoms with E-state index in [1.165, 1.54) is 22.3 Å². The molecular formula is C20H24O2. The number of rotatable bonds is 6. The highest BCUT2D eigenvalue weighted by molar-refractivity contribution is 5.82. The summed E-state index contributed by atoms with van der Waals surface area (Å²) in [6.07, 6.45) is 2.09. The monoisotopic (exact) mass is 296 g/mol. The fourth-order valence-electron chi connectivity index (χ4n) is 2.69. The Labute approximate surface area is 133 Å². The lowest BCUT2D eigenvalue weighted by Gasteiger charge is -2.15. The number of methoxy groups -OCH3 is 2. The van der Waals surface area contributed by atoms with Crippen molar-refractivity contribution in [2.24, 2.45) is 0 Å². The van der Waals surface area contributed by atoms with Crippen molar-refractivity contribution in [1.82, 2.24) is 0 Å². The van der Waals surface area contributed by atoms with Gasteiger partial charge in [-0.25, -0.2) is 0 Å². The highest BCUT2D eigenvalue weighted by atomic mass is 16.5. The third kappa shape index (κ3) is 3.51. The molecule has 0 aliphatic rings. The number of benzene rings is 2. The van der Waals surface area contributed by atoms with E-state index < -0.39 is 0 Å². The molecule has 2 rings (SSSR count). The summed E-state index contributed by atoms with van der Waals surface area (Å²) < 4.78 is 10.5. The second kappa shape index (κ2) is 7.69. The Morgan fingerprint density at radius 1 is 0.682 bits per heavy atom. The molecule has 2 nitrogen and oxygen atoms in total.